The number of aromatic nitrogens is 5. The first kappa shape index (κ1) is 17.8. The van der Waals surface area contributed by atoms with Gasteiger partial charge in [0.25, 0.3) is 0 Å². The molecule has 0 aliphatic heterocycles. The topological polar surface area (TPSA) is 48.5 Å². The minimum absolute atomic E-state index is 0.186. The number of nitrogens with zero attached hydrogens (tertiary/aromatic N) is 5. The van der Waals surface area contributed by atoms with Crippen molar-refractivity contribution in [1.82, 2.24) is 24.3 Å². The number of thioether (sulfide) groups is 1. The van der Waals surface area contributed by atoms with Gasteiger partial charge < -0.3 is 0 Å². The highest BCUT2D eigenvalue weighted by Gasteiger charge is 2.32. The van der Waals surface area contributed by atoms with Gasteiger partial charge in [-0.25, -0.2) is 9.97 Å². The zero-order valence-corrected chi connectivity index (χ0v) is 15.7. The first-order chi connectivity index (χ1) is 12.8. The minimum atomic E-state index is -4.46. The summed E-state index contributed by atoms with van der Waals surface area (Å²) >= 11 is 1.61. The molecule has 0 bridgehead atoms. The van der Waals surface area contributed by atoms with Gasteiger partial charge in [-0.1, -0.05) is 18.6 Å². The summed E-state index contributed by atoms with van der Waals surface area (Å²) in [6.07, 6.45) is -3.63. The van der Waals surface area contributed by atoms with Crippen LogP contribution in [0.5, 0.6) is 0 Å². The zero-order valence-electron chi connectivity index (χ0n) is 14.9. The molecule has 140 valence electrons. The Kier molecular flexibility index (Phi) is 4.14. The molecule has 0 saturated carbocycles. The number of fused-ring (bicyclic) bond motifs is 2. The number of alkyl halides is 3. The van der Waals surface area contributed by atoms with Gasteiger partial charge in [-0.05, 0) is 30.9 Å². The number of hydrogen-bond donors (Lipinski definition) is 0. The van der Waals surface area contributed by atoms with Crippen LogP contribution in [0.1, 0.15) is 18.1 Å². The second kappa shape index (κ2) is 6.26. The molecule has 0 saturated heterocycles. The van der Waals surface area contributed by atoms with Crippen molar-refractivity contribution in [1.29, 1.82) is 0 Å². The third-order valence-electron chi connectivity index (χ3n) is 4.27. The highest BCUT2D eigenvalue weighted by atomic mass is 32.2. The molecule has 4 rings (SSSR count). The predicted molar refractivity (Wildman–Crippen MR) is 99.3 cm³/mol. The highest BCUT2D eigenvalue weighted by molar-refractivity contribution is 7.99. The number of hydrogen-bond acceptors (Lipinski definition) is 4. The van der Waals surface area contributed by atoms with Crippen LogP contribution in [0.3, 0.4) is 0 Å². The molecule has 3 aromatic heterocycles. The maximum atomic E-state index is 13.0. The van der Waals surface area contributed by atoms with Crippen molar-refractivity contribution < 1.29 is 13.2 Å². The molecular formula is C18H16F3N5S. The number of rotatable bonds is 3. The lowest BCUT2D eigenvalue weighted by molar-refractivity contribution is -0.137. The molecule has 0 unspecified atom stereocenters. The summed E-state index contributed by atoms with van der Waals surface area (Å²) in [5, 5.41) is 6.54. The van der Waals surface area contributed by atoms with E-state index in [1.807, 2.05) is 26.0 Å². The molecule has 0 radical (unpaired) electrons. The SMILES string of the molecule is CCSc1c2cc(C)ccc2nn1-c1nc2cc(C(F)(F)F)cnc2n1C. The Morgan fingerprint density at radius 2 is 1.93 bits per heavy atom. The van der Waals surface area contributed by atoms with Gasteiger partial charge in [0.1, 0.15) is 10.5 Å². The summed E-state index contributed by atoms with van der Waals surface area (Å²) in [7, 11) is 1.73. The molecule has 0 amide bonds. The van der Waals surface area contributed by atoms with E-state index in [0.29, 0.717) is 11.6 Å². The van der Waals surface area contributed by atoms with Gasteiger partial charge in [0.05, 0.1) is 11.1 Å². The largest absolute Gasteiger partial charge is 0.417 e. The summed E-state index contributed by atoms with van der Waals surface area (Å²) in [6.45, 7) is 4.05. The number of halogens is 3. The average Bonchev–Trinajstić information content (AvgIpc) is 3.12. The Balaban J connectivity index is 1.96. The lowest BCUT2D eigenvalue weighted by Crippen LogP contribution is -2.07. The van der Waals surface area contributed by atoms with Crippen LogP contribution in [-0.2, 0) is 13.2 Å². The van der Waals surface area contributed by atoms with Gasteiger partial charge in [0, 0.05) is 18.6 Å². The first-order valence-corrected chi connectivity index (χ1v) is 9.30. The molecular weight excluding hydrogens is 375 g/mol. The maximum Gasteiger partial charge on any atom is 0.417 e. The van der Waals surface area contributed by atoms with E-state index >= 15 is 0 Å². The van der Waals surface area contributed by atoms with Gasteiger partial charge >= 0.3 is 6.18 Å². The fourth-order valence-corrected chi connectivity index (χ4v) is 3.83. The Morgan fingerprint density at radius 1 is 1.15 bits per heavy atom. The molecule has 5 nitrogen and oxygen atoms in total. The van der Waals surface area contributed by atoms with Gasteiger partial charge in [-0.2, -0.15) is 23.0 Å². The highest BCUT2D eigenvalue weighted by Crippen LogP contribution is 2.33. The van der Waals surface area contributed by atoms with Crippen molar-refractivity contribution in [2.24, 2.45) is 7.05 Å². The van der Waals surface area contributed by atoms with E-state index in [1.54, 1.807) is 28.1 Å². The molecule has 4 aromatic rings. The molecule has 27 heavy (non-hydrogen) atoms. The molecule has 0 atom stereocenters. The van der Waals surface area contributed by atoms with Crippen LogP contribution in [0.25, 0.3) is 28.0 Å². The second-order valence-electron chi connectivity index (χ2n) is 6.21. The van der Waals surface area contributed by atoms with Crippen LogP contribution in [0.4, 0.5) is 13.2 Å². The van der Waals surface area contributed by atoms with Crippen molar-refractivity contribution in [3.05, 3.63) is 41.6 Å². The van der Waals surface area contributed by atoms with Gasteiger partial charge in [0.2, 0.25) is 5.95 Å². The standard InChI is InChI=1S/C18H16F3N5S/c1-4-27-16-12-7-10(2)5-6-13(12)24-26(16)17-23-14-8-11(18(19,20)21)9-22-15(14)25(17)3/h5-9H,4H2,1-3H3. The Labute approximate surface area is 157 Å². The molecule has 9 heteroatoms. The van der Waals surface area contributed by atoms with E-state index in [-0.39, 0.29) is 5.52 Å². The first-order valence-electron chi connectivity index (χ1n) is 8.32. The molecule has 0 aliphatic rings. The smallest absolute Gasteiger partial charge is 0.296 e. The fraction of sp³-hybridized carbons (Fsp3) is 0.278. The number of benzene rings is 1. The van der Waals surface area contributed by atoms with Gasteiger partial charge in [-0.15, -0.1) is 11.8 Å². The summed E-state index contributed by atoms with van der Waals surface area (Å²) in [4.78, 5) is 8.37. The Hall–Kier alpha value is -2.55. The average molecular weight is 391 g/mol. The van der Waals surface area contributed by atoms with Crippen LogP contribution in [-0.4, -0.2) is 30.1 Å². The third kappa shape index (κ3) is 2.95. The van der Waals surface area contributed by atoms with E-state index < -0.39 is 11.7 Å². The fourth-order valence-electron chi connectivity index (χ4n) is 3.00. The van der Waals surface area contributed by atoms with Crippen LogP contribution in [0.2, 0.25) is 0 Å². The van der Waals surface area contributed by atoms with Crippen molar-refractivity contribution in [2.75, 3.05) is 5.75 Å². The number of imidazole rings is 1. The molecule has 0 aliphatic carbocycles. The Morgan fingerprint density at radius 3 is 2.63 bits per heavy atom. The molecule has 3 heterocycles. The molecule has 0 spiro atoms. The van der Waals surface area contributed by atoms with Gasteiger partial charge in [0.15, 0.2) is 5.65 Å². The second-order valence-corrected chi connectivity index (χ2v) is 7.46. The number of aryl methyl sites for hydroxylation is 2. The minimum Gasteiger partial charge on any atom is -0.296 e. The van der Waals surface area contributed by atoms with Crippen LogP contribution < -0.4 is 0 Å². The zero-order chi connectivity index (χ0) is 19.3. The quantitative estimate of drug-likeness (QED) is 0.473. The van der Waals surface area contributed by atoms with E-state index in [2.05, 4.69) is 21.1 Å². The van der Waals surface area contributed by atoms with Gasteiger partial charge in [-0.3, -0.25) is 4.57 Å². The van der Waals surface area contributed by atoms with Crippen molar-refractivity contribution in [3.8, 4) is 5.95 Å². The summed E-state index contributed by atoms with van der Waals surface area (Å²) in [5.74, 6) is 1.26. The van der Waals surface area contributed by atoms with E-state index in [9.17, 15) is 13.2 Å². The lowest BCUT2D eigenvalue weighted by Gasteiger charge is -2.06. The molecule has 0 N–H and O–H groups in total. The molecule has 1 aromatic carbocycles. The van der Waals surface area contributed by atoms with Crippen molar-refractivity contribution >= 4 is 33.8 Å². The van der Waals surface area contributed by atoms with Crippen molar-refractivity contribution in [3.63, 3.8) is 0 Å². The van der Waals surface area contributed by atoms with Crippen molar-refractivity contribution in [2.45, 2.75) is 25.0 Å². The van der Waals surface area contributed by atoms with Crippen LogP contribution >= 0.6 is 11.8 Å². The predicted octanol–water partition coefficient (Wildman–Crippen LogP) is 4.75. The number of pyridine rings is 1. The Bertz CT molecular complexity index is 1160. The summed E-state index contributed by atoms with van der Waals surface area (Å²) in [6, 6.07) is 6.99. The van der Waals surface area contributed by atoms with Crippen LogP contribution in [0.15, 0.2) is 35.5 Å². The molecule has 0 fully saturated rings. The van der Waals surface area contributed by atoms with E-state index in [0.717, 1.165) is 39.5 Å². The maximum absolute atomic E-state index is 13.0. The third-order valence-corrected chi connectivity index (χ3v) is 5.22. The summed E-state index contributed by atoms with van der Waals surface area (Å²) < 4.78 is 42.3. The lowest BCUT2D eigenvalue weighted by atomic mass is 10.2. The monoisotopic (exact) mass is 391 g/mol. The van der Waals surface area contributed by atoms with E-state index in [1.165, 1.54) is 0 Å². The normalized spacial score (nSPS) is 12.4. The summed E-state index contributed by atoms with van der Waals surface area (Å²) in [5.41, 5.74) is 1.67. The van der Waals surface area contributed by atoms with E-state index in [4.69, 9.17) is 0 Å². The van der Waals surface area contributed by atoms with Crippen LogP contribution in [0, 0.1) is 6.92 Å².